The van der Waals surface area contributed by atoms with Crippen LogP contribution >= 0.6 is 0 Å². The van der Waals surface area contributed by atoms with E-state index in [0.29, 0.717) is 27.2 Å². The largest absolute Gasteiger partial charge is 0.619 e. The Kier molecular flexibility index (Phi) is 5.60. The fourth-order valence-electron chi connectivity index (χ4n) is 4.08. The maximum atomic E-state index is 12.6. The molecule has 36 heavy (non-hydrogen) atoms. The van der Waals surface area contributed by atoms with Gasteiger partial charge in [-0.05, 0) is 67.8 Å². The molecule has 0 amide bonds. The third-order valence-corrected chi connectivity index (χ3v) is 8.54. The van der Waals surface area contributed by atoms with E-state index in [9.17, 15) is 13.6 Å². The van der Waals surface area contributed by atoms with E-state index in [1.54, 1.807) is 27.0 Å². The van der Waals surface area contributed by atoms with Crippen molar-refractivity contribution in [2.45, 2.75) is 25.5 Å². The molecule has 0 saturated carbocycles. The Morgan fingerprint density at radius 1 is 0.944 bits per heavy atom. The topological polar surface area (TPSA) is 113 Å². The smallest absolute Gasteiger partial charge is 0.264 e. The predicted octanol–water partition coefficient (Wildman–Crippen LogP) is 4.84. The van der Waals surface area contributed by atoms with Gasteiger partial charge < -0.3 is 9.73 Å². The van der Waals surface area contributed by atoms with E-state index < -0.39 is 14.6 Å². The molecule has 9 heteroatoms. The summed E-state index contributed by atoms with van der Waals surface area (Å²) in [7, 11) is -3.39. The van der Waals surface area contributed by atoms with Crippen LogP contribution in [-0.2, 0) is 14.6 Å². The molecule has 0 atom stereocenters. The second kappa shape index (κ2) is 8.53. The first-order valence-corrected chi connectivity index (χ1v) is 13.2. The van der Waals surface area contributed by atoms with Gasteiger partial charge in [-0.1, -0.05) is 29.4 Å². The molecule has 0 radical (unpaired) electrons. The molecule has 0 aliphatic carbocycles. The summed E-state index contributed by atoms with van der Waals surface area (Å²) in [6, 6.07) is 17.0. The lowest BCUT2D eigenvalue weighted by atomic mass is 9.92. The number of sulfone groups is 1. The molecule has 0 aliphatic heterocycles. The molecule has 5 aromatic rings. The highest BCUT2D eigenvalue weighted by atomic mass is 32.2. The number of rotatable bonds is 5. The van der Waals surface area contributed by atoms with E-state index in [1.165, 1.54) is 18.6 Å². The van der Waals surface area contributed by atoms with Gasteiger partial charge in [-0.2, -0.15) is 9.71 Å². The highest BCUT2D eigenvalue weighted by Crippen LogP contribution is 2.37. The molecule has 0 bridgehead atoms. The second-order valence-corrected chi connectivity index (χ2v) is 11.8. The van der Waals surface area contributed by atoms with Gasteiger partial charge in [0.2, 0.25) is 0 Å². The van der Waals surface area contributed by atoms with Crippen LogP contribution in [0.25, 0.3) is 44.6 Å². The molecule has 182 valence electrons. The van der Waals surface area contributed by atoms with Crippen molar-refractivity contribution in [3.05, 3.63) is 89.8 Å². The Labute approximate surface area is 208 Å². The summed E-state index contributed by atoms with van der Waals surface area (Å²) < 4.78 is 30.0. The SMILES string of the molecule is Cc1noc(-c2cc(-c3cccc(-c4cc(C(C)(C)S(C)(=O)=O)cc5cccnc45)c3)c[n+]([O-])c2)n1. The van der Waals surface area contributed by atoms with Crippen molar-refractivity contribution in [2.75, 3.05) is 6.26 Å². The minimum absolute atomic E-state index is 0.265. The highest BCUT2D eigenvalue weighted by molar-refractivity contribution is 7.91. The lowest BCUT2D eigenvalue weighted by Crippen LogP contribution is -2.28. The van der Waals surface area contributed by atoms with E-state index in [2.05, 4.69) is 15.1 Å². The zero-order chi connectivity index (χ0) is 25.7. The van der Waals surface area contributed by atoms with Gasteiger partial charge >= 0.3 is 0 Å². The highest BCUT2D eigenvalue weighted by Gasteiger charge is 2.33. The molecule has 3 heterocycles. The molecule has 0 saturated heterocycles. The molecule has 0 spiro atoms. The molecular formula is C27H24N4O4S. The Bertz CT molecular complexity index is 1730. The number of hydrogen-bond donors (Lipinski definition) is 0. The molecule has 0 N–H and O–H groups in total. The normalized spacial score (nSPS) is 12.2. The molecule has 0 aliphatic rings. The lowest BCUT2D eigenvalue weighted by Gasteiger charge is -2.24. The number of aromatic nitrogens is 4. The van der Waals surface area contributed by atoms with Gasteiger partial charge in [0, 0.05) is 29.0 Å². The van der Waals surface area contributed by atoms with Gasteiger partial charge in [-0.15, -0.1) is 0 Å². The molecule has 0 fully saturated rings. The van der Waals surface area contributed by atoms with Crippen LogP contribution in [-0.4, -0.2) is 29.8 Å². The van der Waals surface area contributed by atoms with Crippen molar-refractivity contribution in [1.29, 1.82) is 0 Å². The number of pyridine rings is 2. The number of hydrogen-bond acceptors (Lipinski definition) is 7. The van der Waals surface area contributed by atoms with Crippen LogP contribution in [0.4, 0.5) is 0 Å². The number of nitrogens with zero attached hydrogens (tertiary/aromatic N) is 4. The fraction of sp³-hybridized carbons (Fsp3) is 0.185. The van der Waals surface area contributed by atoms with Crippen molar-refractivity contribution < 1.29 is 17.7 Å². The van der Waals surface area contributed by atoms with E-state index >= 15 is 0 Å². The first kappa shape index (κ1) is 23.6. The standard InChI is InChI=1S/C27H24N4O4S/c1-17-29-26(35-30-17)22-12-21(15-31(32)16-22)18-7-5-8-19(11-18)24-14-23(27(2,3)36(4,33)34)13-20-9-6-10-28-25(20)24/h5-16H,1-4H3. The Morgan fingerprint density at radius 2 is 1.67 bits per heavy atom. The fourth-order valence-corrected chi connectivity index (χ4v) is 4.63. The van der Waals surface area contributed by atoms with Crippen LogP contribution in [0.15, 0.2) is 77.7 Å². The molecule has 8 nitrogen and oxygen atoms in total. The summed E-state index contributed by atoms with van der Waals surface area (Å²) in [4.78, 5) is 8.81. The number of fused-ring (bicyclic) bond motifs is 1. The number of aryl methyl sites for hydroxylation is 1. The summed E-state index contributed by atoms with van der Waals surface area (Å²) in [6.45, 7) is 5.12. The third-order valence-electron chi connectivity index (χ3n) is 6.45. The van der Waals surface area contributed by atoms with Crippen LogP contribution < -0.4 is 4.73 Å². The van der Waals surface area contributed by atoms with Gasteiger partial charge in [-0.25, -0.2) is 8.42 Å². The van der Waals surface area contributed by atoms with Crippen molar-refractivity contribution in [2.24, 2.45) is 0 Å². The van der Waals surface area contributed by atoms with E-state index in [1.807, 2.05) is 54.6 Å². The van der Waals surface area contributed by atoms with E-state index in [0.717, 1.165) is 27.6 Å². The average Bonchev–Trinajstić information content (AvgIpc) is 3.28. The molecule has 3 aromatic heterocycles. The van der Waals surface area contributed by atoms with Gasteiger partial charge in [0.25, 0.3) is 5.89 Å². The number of benzene rings is 2. The van der Waals surface area contributed by atoms with Crippen molar-refractivity contribution >= 4 is 20.7 Å². The monoisotopic (exact) mass is 500 g/mol. The maximum absolute atomic E-state index is 12.6. The van der Waals surface area contributed by atoms with Gasteiger partial charge in [0.1, 0.15) is 5.56 Å². The van der Waals surface area contributed by atoms with Gasteiger partial charge in [-0.3, -0.25) is 4.98 Å². The van der Waals surface area contributed by atoms with Gasteiger partial charge in [0.05, 0.1) is 10.3 Å². The van der Waals surface area contributed by atoms with Crippen LogP contribution in [0.2, 0.25) is 0 Å². The van der Waals surface area contributed by atoms with Crippen molar-refractivity contribution in [3.63, 3.8) is 0 Å². The zero-order valence-electron chi connectivity index (χ0n) is 20.3. The molecule has 0 unspecified atom stereocenters. The van der Waals surface area contributed by atoms with Crippen LogP contribution in [0.5, 0.6) is 0 Å². The average molecular weight is 501 g/mol. The Hall–Kier alpha value is -4.11. The lowest BCUT2D eigenvalue weighted by molar-refractivity contribution is -0.604. The summed E-state index contributed by atoms with van der Waals surface area (Å²) in [5.74, 6) is 0.743. The summed E-state index contributed by atoms with van der Waals surface area (Å²) in [6.07, 6.45) is 5.82. The summed E-state index contributed by atoms with van der Waals surface area (Å²) in [5, 5.41) is 17.1. The van der Waals surface area contributed by atoms with Crippen molar-refractivity contribution in [1.82, 2.24) is 15.1 Å². The van der Waals surface area contributed by atoms with Crippen LogP contribution in [0.1, 0.15) is 25.2 Å². The minimum atomic E-state index is -3.39. The summed E-state index contributed by atoms with van der Waals surface area (Å²) >= 11 is 0. The van der Waals surface area contributed by atoms with Crippen LogP contribution in [0, 0.1) is 12.1 Å². The first-order chi connectivity index (χ1) is 17.0. The Balaban J connectivity index is 1.68. The molecular weight excluding hydrogens is 476 g/mol. The molecule has 2 aromatic carbocycles. The third kappa shape index (κ3) is 4.22. The first-order valence-electron chi connectivity index (χ1n) is 11.3. The minimum Gasteiger partial charge on any atom is -0.619 e. The predicted molar refractivity (Wildman–Crippen MR) is 137 cm³/mol. The Morgan fingerprint density at radius 3 is 2.39 bits per heavy atom. The second-order valence-electron chi connectivity index (χ2n) is 9.28. The maximum Gasteiger partial charge on any atom is 0.264 e. The van der Waals surface area contributed by atoms with E-state index in [4.69, 9.17) is 4.52 Å². The zero-order valence-corrected chi connectivity index (χ0v) is 21.1. The van der Waals surface area contributed by atoms with E-state index in [-0.39, 0.29) is 5.89 Å². The molecule has 5 rings (SSSR count). The summed E-state index contributed by atoms with van der Waals surface area (Å²) in [5.41, 5.74) is 5.07. The van der Waals surface area contributed by atoms with Crippen LogP contribution in [0.3, 0.4) is 0 Å². The quantitative estimate of drug-likeness (QED) is 0.251. The van der Waals surface area contributed by atoms with Crippen molar-refractivity contribution in [3.8, 4) is 33.7 Å². The van der Waals surface area contributed by atoms with Gasteiger partial charge in [0.15, 0.2) is 28.1 Å².